The summed E-state index contributed by atoms with van der Waals surface area (Å²) < 4.78 is 57.1. The molecule has 0 saturated heterocycles. The highest BCUT2D eigenvalue weighted by Crippen LogP contribution is 2.29. The zero-order valence-electron chi connectivity index (χ0n) is 15.3. The highest BCUT2D eigenvalue weighted by atomic mass is 32.2. The van der Waals surface area contributed by atoms with Crippen molar-refractivity contribution in [1.29, 1.82) is 0 Å². The zero-order chi connectivity index (χ0) is 20.6. The molecule has 9 heteroatoms. The smallest absolute Gasteiger partial charge is 0.268 e. The lowest BCUT2D eigenvalue weighted by Crippen LogP contribution is -2.31. The van der Waals surface area contributed by atoms with E-state index in [1.54, 1.807) is 24.4 Å². The van der Waals surface area contributed by atoms with Gasteiger partial charge >= 0.3 is 0 Å². The van der Waals surface area contributed by atoms with Crippen molar-refractivity contribution in [3.05, 3.63) is 89.9 Å². The number of sulfonamides is 1. The number of nitrogens with zero attached hydrogens (tertiary/aromatic N) is 4. The molecule has 0 aliphatic heterocycles. The van der Waals surface area contributed by atoms with Gasteiger partial charge in [-0.05, 0) is 42.3 Å². The van der Waals surface area contributed by atoms with Gasteiger partial charge in [0.1, 0.15) is 11.2 Å². The molecule has 4 aromatic rings. The van der Waals surface area contributed by atoms with Crippen molar-refractivity contribution in [3.8, 4) is 0 Å². The molecule has 0 unspecified atom stereocenters. The summed E-state index contributed by atoms with van der Waals surface area (Å²) >= 11 is 0. The monoisotopic (exact) mass is 414 g/mol. The largest absolute Gasteiger partial charge is 0.288 e. The molecule has 0 saturated carbocycles. The summed E-state index contributed by atoms with van der Waals surface area (Å²) in [5.74, 6) is -2.19. The maximum atomic E-state index is 13.9. The van der Waals surface area contributed by atoms with Crippen LogP contribution in [0.4, 0.5) is 14.5 Å². The minimum atomic E-state index is -4.17. The predicted molar refractivity (Wildman–Crippen MR) is 104 cm³/mol. The molecule has 0 aliphatic carbocycles. The molecule has 0 N–H and O–H groups in total. The topological polar surface area (TPSA) is 67.6 Å². The van der Waals surface area contributed by atoms with Crippen molar-refractivity contribution < 1.29 is 17.2 Å². The number of anilines is 1. The number of aromatic nitrogens is 3. The number of hydrogen-bond donors (Lipinski definition) is 0. The van der Waals surface area contributed by atoms with Crippen LogP contribution in [0.25, 0.3) is 5.65 Å². The van der Waals surface area contributed by atoms with E-state index < -0.39 is 21.7 Å². The van der Waals surface area contributed by atoms with E-state index in [1.165, 1.54) is 22.9 Å². The minimum Gasteiger partial charge on any atom is -0.288 e. The lowest BCUT2D eigenvalue weighted by Gasteiger charge is -2.25. The van der Waals surface area contributed by atoms with Gasteiger partial charge in [-0.15, -0.1) is 10.2 Å². The Bertz CT molecular complexity index is 1300. The Kier molecular flexibility index (Phi) is 4.75. The highest BCUT2D eigenvalue weighted by molar-refractivity contribution is 7.93. The average Bonchev–Trinajstić information content (AvgIpc) is 3.18. The van der Waals surface area contributed by atoms with Gasteiger partial charge in [-0.25, -0.2) is 17.2 Å². The Balaban J connectivity index is 1.90. The summed E-state index contributed by atoms with van der Waals surface area (Å²) in [7, 11) is -4.17. The average molecular weight is 414 g/mol. The van der Waals surface area contributed by atoms with Crippen LogP contribution in [0.3, 0.4) is 0 Å². The summed E-state index contributed by atoms with van der Waals surface area (Å²) in [5.41, 5.74) is 1.75. The second-order valence-corrected chi connectivity index (χ2v) is 8.30. The van der Waals surface area contributed by atoms with E-state index in [0.29, 0.717) is 0 Å². The Morgan fingerprint density at radius 1 is 1.03 bits per heavy atom. The van der Waals surface area contributed by atoms with Gasteiger partial charge in [0.25, 0.3) is 10.0 Å². The quantitative estimate of drug-likeness (QED) is 0.499. The van der Waals surface area contributed by atoms with E-state index in [2.05, 4.69) is 10.2 Å². The van der Waals surface area contributed by atoms with Crippen molar-refractivity contribution >= 4 is 21.4 Å². The van der Waals surface area contributed by atoms with Gasteiger partial charge in [-0.2, -0.15) is 0 Å². The van der Waals surface area contributed by atoms with Gasteiger partial charge in [0.05, 0.1) is 12.2 Å². The van der Waals surface area contributed by atoms with Crippen molar-refractivity contribution in [2.45, 2.75) is 18.4 Å². The first-order chi connectivity index (χ1) is 13.9. The van der Waals surface area contributed by atoms with E-state index in [0.717, 1.165) is 27.6 Å². The number of aryl methyl sites for hydroxylation is 1. The maximum Gasteiger partial charge on any atom is 0.268 e. The van der Waals surface area contributed by atoms with Crippen LogP contribution in [-0.2, 0) is 16.6 Å². The standard InChI is InChI=1S/C20H16F2N4O2S/c1-14-5-2-3-6-15(14)12-26(16-8-9-17(21)18(22)11-16)29(27,28)19-7-4-10-25-13-23-24-20(19)25/h2-11,13H,12H2,1H3. The molecular formula is C20H16F2N4O2S. The first-order valence-corrected chi connectivity index (χ1v) is 10.1. The van der Waals surface area contributed by atoms with E-state index in [1.807, 2.05) is 19.1 Å². The van der Waals surface area contributed by atoms with Gasteiger partial charge in [0, 0.05) is 12.3 Å². The van der Waals surface area contributed by atoms with E-state index in [4.69, 9.17) is 0 Å². The Morgan fingerprint density at radius 3 is 2.59 bits per heavy atom. The first kappa shape index (κ1) is 19.0. The summed E-state index contributed by atoms with van der Waals surface area (Å²) in [6.07, 6.45) is 3.01. The normalized spacial score (nSPS) is 11.7. The zero-order valence-corrected chi connectivity index (χ0v) is 16.1. The summed E-state index contributed by atoms with van der Waals surface area (Å²) in [5, 5.41) is 7.64. The van der Waals surface area contributed by atoms with Crippen molar-refractivity contribution in [2.75, 3.05) is 4.31 Å². The number of pyridine rings is 1. The predicted octanol–water partition coefficient (Wildman–Crippen LogP) is 3.71. The van der Waals surface area contributed by atoms with E-state index in [-0.39, 0.29) is 22.8 Å². The molecule has 2 heterocycles. The fraction of sp³-hybridized carbons (Fsp3) is 0.100. The van der Waals surface area contributed by atoms with Crippen molar-refractivity contribution in [1.82, 2.24) is 14.6 Å². The highest BCUT2D eigenvalue weighted by Gasteiger charge is 2.29. The summed E-state index contributed by atoms with van der Waals surface area (Å²) in [6.45, 7) is 1.79. The van der Waals surface area contributed by atoms with Gasteiger partial charge in [0.15, 0.2) is 17.3 Å². The molecule has 2 aromatic carbocycles. The molecule has 0 spiro atoms. The molecule has 4 rings (SSSR count). The third kappa shape index (κ3) is 3.44. The maximum absolute atomic E-state index is 13.9. The SMILES string of the molecule is Cc1ccccc1CN(c1ccc(F)c(F)c1)S(=O)(=O)c1cccn2cnnc12. The van der Waals surface area contributed by atoms with Crippen LogP contribution in [0.5, 0.6) is 0 Å². The molecule has 2 aromatic heterocycles. The van der Waals surface area contributed by atoms with Crippen molar-refractivity contribution in [2.24, 2.45) is 0 Å². The minimum absolute atomic E-state index is 0.00803. The number of rotatable bonds is 5. The first-order valence-electron chi connectivity index (χ1n) is 8.68. The fourth-order valence-corrected chi connectivity index (χ4v) is 4.61. The molecule has 6 nitrogen and oxygen atoms in total. The summed E-state index contributed by atoms with van der Waals surface area (Å²) in [6, 6.07) is 13.2. The molecule has 0 aliphatic rings. The Hall–Kier alpha value is -3.33. The Labute approximate surface area is 166 Å². The van der Waals surface area contributed by atoms with Gasteiger partial charge in [-0.1, -0.05) is 24.3 Å². The number of fused-ring (bicyclic) bond motifs is 1. The van der Waals surface area contributed by atoms with Crippen LogP contribution in [0.2, 0.25) is 0 Å². The molecule has 0 fully saturated rings. The summed E-state index contributed by atoms with van der Waals surface area (Å²) in [4.78, 5) is -0.0872. The van der Waals surface area contributed by atoms with Crippen molar-refractivity contribution in [3.63, 3.8) is 0 Å². The van der Waals surface area contributed by atoms with Crippen LogP contribution in [0, 0.1) is 18.6 Å². The number of halogens is 2. The van der Waals surface area contributed by atoms with Crippen LogP contribution in [0.1, 0.15) is 11.1 Å². The third-order valence-corrected chi connectivity index (χ3v) is 6.42. The van der Waals surface area contributed by atoms with Crippen LogP contribution in [0.15, 0.2) is 72.0 Å². The molecule has 148 valence electrons. The molecule has 29 heavy (non-hydrogen) atoms. The van der Waals surface area contributed by atoms with Crippen LogP contribution < -0.4 is 4.31 Å². The molecular weight excluding hydrogens is 398 g/mol. The molecule has 0 radical (unpaired) electrons. The molecule has 0 amide bonds. The third-order valence-electron chi connectivity index (χ3n) is 4.62. The molecule has 0 atom stereocenters. The van der Waals surface area contributed by atoms with E-state index >= 15 is 0 Å². The molecule has 0 bridgehead atoms. The lowest BCUT2D eigenvalue weighted by molar-refractivity contribution is 0.508. The fourth-order valence-electron chi connectivity index (χ4n) is 3.04. The lowest BCUT2D eigenvalue weighted by atomic mass is 10.1. The van der Waals surface area contributed by atoms with Crippen LogP contribution >= 0.6 is 0 Å². The number of hydrogen-bond acceptors (Lipinski definition) is 4. The van der Waals surface area contributed by atoms with Gasteiger partial charge in [0.2, 0.25) is 0 Å². The van der Waals surface area contributed by atoms with Crippen LogP contribution in [-0.4, -0.2) is 23.0 Å². The van der Waals surface area contributed by atoms with Gasteiger partial charge < -0.3 is 0 Å². The van der Waals surface area contributed by atoms with E-state index in [9.17, 15) is 17.2 Å². The Morgan fingerprint density at radius 2 is 1.83 bits per heavy atom. The second kappa shape index (κ2) is 7.25. The van der Waals surface area contributed by atoms with Gasteiger partial charge in [-0.3, -0.25) is 8.71 Å². The second-order valence-electron chi connectivity index (χ2n) is 6.47. The number of benzene rings is 2.